The van der Waals surface area contributed by atoms with E-state index in [0.29, 0.717) is 11.4 Å². The summed E-state index contributed by atoms with van der Waals surface area (Å²) in [6, 6.07) is 5.83. The molecule has 7 heteroatoms. The Balaban J connectivity index is 2.22. The van der Waals surface area contributed by atoms with Crippen LogP contribution in [0.25, 0.3) is 0 Å². The molecule has 1 heterocycles. The highest BCUT2D eigenvalue weighted by molar-refractivity contribution is 5.35. The van der Waals surface area contributed by atoms with Gasteiger partial charge in [0.2, 0.25) is 5.89 Å². The van der Waals surface area contributed by atoms with Gasteiger partial charge in [0.15, 0.2) is 5.82 Å². The van der Waals surface area contributed by atoms with Crippen LogP contribution in [-0.4, -0.2) is 16.5 Å². The summed E-state index contributed by atoms with van der Waals surface area (Å²) in [6.45, 7) is 1.63. The number of hydrogen-bond acceptors (Lipinski definition) is 4. The van der Waals surface area contributed by atoms with Crippen LogP contribution >= 0.6 is 0 Å². The molecule has 2 aromatic rings. The molecule has 18 heavy (non-hydrogen) atoms. The molecular weight excluding hydrogens is 249 g/mol. The predicted octanol–water partition coefficient (Wildman–Crippen LogP) is 2.87. The highest BCUT2D eigenvalue weighted by atomic mass is 19.4. The van der Waals surface area contributed by atoms with Crippen LogP contribution in [0, 0.1) is 6.92 Å². The van der Waals surface area contributed by atoms with Crippen molar-refractivity contribution in [1.82, 2.24) is 10.1 Å². The lowest BCUT2D eigenvalue weighted by Crippen LogP contribution is -2.18. The van der Waals surface area contributed by atoms with Gasteiger partial charge >= 0.3 is 6.36 Å². The zero-order valence-corrected chi connectivity index (χ0v) is 9.36. The molecule has 0 radical (unpaired) electrons. The van der Waals surface area contributed by atoms with E-state index in [2.05, 4.69) is 14.9 Å². The number of para-hydroxylation sites is 1. The second-order valence-electron chi connectivity index (χ2n) is 3.57. The van der Waals surface area contributed by atoms with Crippen molar-refractivity contribution in [3.8, 4) is 5.75 Å². The first-order chi connectivity index (χ1) is 8.44. The fraction of sp³-hybridized carbons (Fsp3) is 0.273. The zero-order chi connectivity index (χ0) is 13.2. The lowest BCUT2D eigenvalue weighted by Gasteiger charge is -2.11. The molecular formula is C11H9F3N2O2. The summed E-state index contributed by atoms with van der Waals surface area (Å²) in [5, 5.41) is 3.57. The van der Waals surface area contributed by atoms with Crippen LogP contribution < -0.4 is 4.74 Å². The van der Waals surface area contributed by atoms with Crippen LogP contribution in [0.2, 0.25) is 0 Å². The Bertz CT molecular complexity index is 537. The number of alkyl halides is 3. The molecule has 0 aliphatic heterocycles. The standard InChI is InChI=1S/C11H9F3N2O2/c1-7-15-10(18-16-7)6-8-4-2-3-5-9(8)17-11(12,13)14/h2-5H,6H2,1H3. The van der Waals surface area contributed by atoms with Crippen molar-refractivity contribution in [2.24, 2.45) is 0 Å². The number of benzene rings is 1. The van der Waals surface area contributed by atoms with Crippen LogP contribution in [0.15, 0.2) is 28.8 Å². The molecule has 0 unspecified atom stereocenters. The van der Waals surface area contributed by atoms with Gasteiger partial charge < -0.3 is 9.26 Å². The molecule has 96 valence electrons. The number of ether oxygens (including phenoxy) is 1. The largest absolute Gasteiger partial charge is 0.573 e. The number of rotatable bonds is 3. The summed E-state index contributed by atoms with van der Waals surface area (Å²) in [5.74, 6) is 0.408. The van der Waals surface area contributed by atoms with Gasteiger partial charge in [0, 0.05) is 5.56 Å². The Morgan fingerprint density at radius 2 is 2.00 bits per heavy atom. The van der Waals surface area contributed by atoms with E-state index in [1.54, 1.807) is 13.0 Å². The van der Waals surface area contributed by atoms with Gasteiger partial charge in [-0.25, -0.2) is 0 Å². The van der Waals surface area contributed by atoms with Crippen molar-refractivity contribution in [1.29, 1.82) is 0 Å². The maximum Gasteiger partial charge on any atom is 0.573 e. The van der Waals surface area contributed by atoms with Crippen LogP contribution in [0.3, 0.4) is 0 Å². The molecule has 0 atom stereocenters. The first-order valence-electron chi connectivity index (χ1n) is 5.07. The van der Waals surface area contributed by atoms with Gasteiger partial charge in [0.25, 0.3) is 0 Å². The smallest absolute Gasteiger partial charge is 0.405 e. The van der Waals surface area contributed by atoms with Gasteiger partial charge in [-0.2, -0.15) is 4.98 Å². The summed E-state index contributed by atoms with van der Waals surface area (Å²) >= 11 is 0. The SMILES string of the molecule is Cc1noc(Cc2ccccc2OC(F)(F)F)n1. The first-order valence-corrected chi connectivity index (χ1v) is 5.07. The number of hydrogen-bond donors (Lipinski definition) is 0. The minimum Gasteiger partial charge on any atom is -0.405 e. The molecule has 4 nitrogen and oxygen atoms in total. The Labute approximate surface area is 100 Å². The molecule has 0 saturated heterocycles. The minimum absolute atomic E-state index is 0.0904. The summed E-state index contributed by atoms with van der Waals surface area (Å²) in [7, 11) is 0. The van der Waals surface area contributed by atoms with Crippen molar-refractivity contribution in [3.63, 3.8) is 0 Å². The predicted molar refractivity (Wildman–Crippen MR) is 55.0 cm³/mol. The molecule has 0 N–H and O–H groups in total. The summed E-state index contributed by atoms with van der Waals surface area (Å²) in [6.07, 6.45) is -4.63. The lowest BCUT2D eigenvalue weighted by atomic mass is 10.1. The van der Waals surface area contributed by atoms with Crippen LogP contribution in [0.1, 0.15) is 17.3 Å². The van der Waals surface area contributed by atoms with Gasteiger partial charge in [-0.15, -0.1) is 13.2 Å². The fourth-order valence-corrected chi connectivity index (χ4v) is 1.45. The van der Waals surface area contributed by atoms with E-state index >= 15 is 0 Å². The summed E-state index contributed by atoms with van der Waals surface area (Å²) in [5.41, 5.74) is 0.332. The average Bonchev–Trinajstić information content (AvgIpc) is 2.65. The van der Waals surface area contributed by atoms with Gasteiger partial charge in [-0.3, -0.25) is 0 Å². The molecule has 2 rings (SSSR count). The van der Waals surface area contributed by atoms with Gasteiger partial charge in [-0.05, 0) is 13.0 Å². The summed E-state index contributed by atoms with van der Waals surface area (Å²) in [4.78, 5) is 3.93. The van der Waals surface area contributed by atoms with Crippen molar-refractivity contribution >= 4 is 0 Å². The van der Waals surface area contributed by atoms with Crippen molar-refractivity contribution in [2.45, 2.75) is 19.7 Å². The van der Waals surface area contributed by atoms with Gasteiger partial charge in [-0.1, -0.05) is 23.4 Å². The van der Waals surface area contributed by atoms with E-state index in [9.17, 15) is 13.2 Å². The topological polar surface area (TPSA) is 48.2 Å². The lowest BCUT2D eigenvalue weighted by molar-refractivity contribution is -0.274. The molecule has 0 bridgehead atoms. The Kier molecular flexibility index (Phi) is 3.22. The van der Waals surface area contributed by atoms with E-state index < -0.39 is 6.36 Å². The molecule has 1 aromatic carbocycles. The quantitative estimate of drug-likeness (QED) is 0.849. The number of nitrogens with zero attached hydrogens (tertiary/aromatic N) is 2. The number of halogens is 3. The second kappa shape index (κ2) is 4.67. The Hall–Kier alpha value is -2.05. The van der Waals surface area contributed by atoms with Crippen LogP contribution in [0.4, 0.5) is 13.2 Å². The molecule has 0 spiro atoms. The van der Waals surface area contributed by atoms with E-state index in [0.717, 1.165) is 0 Å². The second-order valence-corrected chi connectivity index (χ2v) is 3.57. The highest BCUT2D eigenvalue weighted by Crippen LogP contribution is 2.27. The maximum atomic E-state index is 12.2. The van der Waals surface area contributed by atoms with E-state index in [1.807, 2.05) is 0 Å². The zero-order valence-electron chi connectivity index (χ0n) is 9.36. The third kappa shape index (κ3) is 3.22. The Morgan fingerprint density at radius 3 is 2.61 bits per heavy atom. The van der Waals surface area contributed by atoms with Crippen molar-refractivity contribution < 1.29 is 22.4 Å². The van der Waals surface area contributed by atoms with Crippen molar-refractivity contribution in [3.05, 3.63) is 41.5 Å². The first kappa shape index (κ1) is 12.4. The maximum absolute atomic E-state index is 12.2. The van der Waals surface area contributed by atoms with Gasteiger partial charge in [0.1, 0.15) is 5.75 Å². The fourth-order valence-electron chi connectivity index (χ4n) is 1.45. The van der Waals surface area contributed by atoms with E-state index in [-0.39, 0.29) is 18.1 Å². The Morgan fingerprint density at radius 1 is 1.28 bits per heavy atom. The normalized spacial score (nSPS) is 11.6. The van der Waals surface area contributed by atoms with Gasteiger partial charge in [0.05, 0.1) is 6.42 Å². The third-order valence-electron chi connectivity index (χ3n) is 2.11. The number of aromatic nitrogens is 2. The van der Waals surface area contributed by atoms with Crippen LogP contribution in [0.5, 0.6) is 5.75 Å². The minimum atomic E-state index is -4.72. The third-order valence-corrected chi connectivity index (χ3v) is 2.11. The molecule has 0 aliphatic rings. The van der Waals surface area contributed by atoms with Crippen LogP contribution in [-0.2, 0) is 6.42 Å². The monoisotopic (exact) mass is 258 g/mol. The molecule has 0 aliphatic carbocycles. The average molecular weight is 258 g/mol. The molecule has 1 aromatic heterocycles. The highest BCUT2D eigenvalue weighted by Gasteiger charge is 2.32. The molecule has 0 amide bonds. The number of aryl methyl sites for hydroxylation is 1. The van der Waals surface area contributed by atoms with Crippen molar-refractivity contribution in [2.75, 3.05) is 0 Å². The molecule has 0 fully saturated rings. The van der Waals surface area contributed by atoms with E-state index in [1.165, 1.54) is 18.2 Å². The van der Waals surface area contributed by atoms with E-state index in [4.69, 9.17) is 4.52 Å². The summed E-state index contributed by atoms with van der Waals surface area (Å²) < 4.78 is 45.3. The molecule has 0 saturated carbocycles.